The quantitative estimate of drug-likeness (QED) is 0.687. The minimum absolute atomic E-state index is 0.326. The summed E-state index contributed by atoms with van der Waals surface area (Å²) < 4.78 is 0. The van der Waals surface area contributed by atoms with E-state index < -0.39 is 0 Å². The zero-order valence-corrected chi connectivity index (χ0v) is 11.1. The average molecular weight is 202 g/mol. The van der Waals surface area contributed by atoms with Crippen molar-refractivity contribution >= 4 is 0 Å². The third kappa shape index (κ3) is 7.34. The molecule has 0 saturated carbocycles. The Balaban J connectivity index is 0. The Hall–Kier alpha value is -0.0800. The first-order valence-corrected chi connectivity index (χ1v) is 5.51. The van der Waals surface area contributed by atoms with E-state index in [1.807, 2.05) is 6.92 Å². The van der Waals surface area contributed by atoms with Gasteiger partial charge in [0.25, 0.3) is 0 Å². The van der Waals surface area contributed by atoms with Crippen molar-refractivity contribution in [2.24, 2.45) is 28.2 Å². The van der Waals surface area contributed by atoms with Gasteiger partial charge in [0, 0.05) is 0 Å². The Morgan fingerprint density at radius 1 is 0.857 bits per heavy atom. The van der Waals surface area contributed by atoms with Crippen LogP contribution in [0.4, 0.5) is 0 Å². The summed E-state index contributed by atoms with van der Waals surface area (Å²) in [6.45, 7) is 17.0. The van der Waals surface area contributed by atoms with Crippen LogP contribution in [0.15, 0.2) is 0 Å². The van der Waals surface area contributed by atoms with E-state index in [0.717, 1.165) is 13.1 Å². The SMILES string of the molecule is CC(C)(C)C(CN)C(C)(C)C.CCN. The lowest BCUT2D eigenvalue weighted by molar-refractivity contribution is 0.110. The van der Waals surface area contributed by atoms with Crippen molar-refractivity contribution in [3.63, 3.8) is 0 Å². The molecule has 2 heteroatoms. The van der Waals surface area contributed by atoms with Gasteiger partial charge in [0.2, 0.25) is 0 Å². The van der Waals surface area contributed by atoms with Crippen LogP contribution < -0.4 is 11.5 Å². The number of nitrogens with two attached hydrogens (primary N) is 2. The molecule has 14 heavy (non-hydrogen) atoms. The van der Waals surface area contributed by atoms with Crippen LogP contribution in [-0.4, -0.2) is 13.1 Å². The number of rotatable bonds is 1. The van der Waals surface area contributed by atoms with Crippen molar-refractivity contribution in [3.8, 4) is 0 Å². The van der Waals surface area contributed by atoms with Gasteiger partial charge >= 0.3 is 0 Å². The minimum atomic E-state index is 0.326. The predicted molar refractivity (Wildman–Crippen MR) is 66.2 cm³/mol. The normalized spacial score (nSPS) is 12.4. The lowest BCUT2D eigenvalue weighted by Gasteiger charge is -2.39. The highest BCUT2D eigenvalue weighted by molar-refractivity contribution is 4.84. The first-order chi connectivity index (χ1) is 6.11. The molecule has 0 rings (SSSR count). The highest BCUT2D eigenvalue weighted by Crippen LogP contribution is 2.38. The van der Waals surface area contributed by atoms with Crippen molar-refractivity contribution in [2.45, 2.75) is 48.5 Å². The van der Waals surface area contributed by atoms with E-state index in [9.17, 15) is 0 Å². The fourth-order valence-electron chi connectivity index (χ4n) is 2.01. The van der Waals surface area contributed by atoms with Gasteiger partial charge in [-0.25, -0.2) is 0 Å². The van der Waals surface area contributed by atoms with Crippen LogP contribution in [0.5, 0.6) is 0 Å². The highest BCUT2D eigenvalue weighted by Gasteiger charge is 2.33. The second-order valence-electron chi connectivity index (χ2n) is 5.93. The molecule has 0 aromatic heterocycles. The smallest absolute Gasteiger partial charge is 0.00389 e. The summed E-state index contributed by atoms with van der Waals surface area (Å²) in [6, 6.07) is 0. The Kier molecular flexibility index (Phi) is 7.49. The summed E-state index contributed by atoms with van der Waals surface area (Å²) in [7, 11) is 0. The van der Waals surface area contributed by atoms with Crippen LogP contribution in [0.1, 0.15) is 48.5 Å². The molecule has 0 spiro atoms. The van der Waals surface area contributed by atoms with E-state index in [4.69, 9.17) is 11.5 Å². The van der Waals surface area contributed by atoms with Gasteiger partial charge in [0.05, 0.1) is 0 Å². The van der Waals surface area contributed by atoms with Crippen LogP contribution in [0, 0.1) is 16.7 Å². The van der Waals surface area contributed by atoms with Gasteiger partial charge in [-0.15, -0.1) is 0 Å². The summed E-state index contributed by atoms with van der Waals surface area (Å²) in [5.74, 6) is 0.593. The van der Waals surface area contributed by atoms with Crippen LogP contribution >= 0.6 is 0 Å². The Morgan fingerprint density at radius 3 is 1.07 bits per heavy atom. The lowest BCUT2D eigenvalue weighted by Crippen LogP contribution is -2.38. The second kappa shape index (κ2) is 6.41. The van der Waals surface area contributed by atoms with Crippen molar-refractivity contribution in [3.05, 3.63) is 0 Å². The molecular weight excluding hydrogens is 172 g/mol. The molecule has 0 atom stereocenters. The monoisotopic (exact) mass is 202 g/mol. The molecule has 0 bridgehead atoms. The van der Waals surface area contributed by atoms with Gasteiger partial charge in [-0.05, 0) is 29.8 Å². The number of hydrogen-bond acceptors (Lipinski definition) is 2. The van der Waals surface area contributed by atoms with Crippen molar-refractivity contribution in [1.29, 1.82) is 0 Å². The molecule has 0 amide bonds. The molecule has 0 heterocycles. The van der Waals surface area contributed by atoms with E-state index in [2.05, 4.69) is 41.5 Å². The fraction of sp³-hybridized carbons (Fsp3) is 1.00. The van der Waals surface area contributed by atoms with E-state index in [1.54, 1.807) is 0 Å². The first-order valence-electron chi connectivity index (χ1n) is 5.51. The molecule has 0 aromatic rings. The number of hydrogen-bond donors (Lipinski definition) is 2. The van der Waals surface area contributed by atoms with Gasteiger partial charge in [-0.3, -0.25) is 0 Å². The molecular formula is C12H30N2. The fourth-order valence-corrected chi connectivity index (χ4v) is 2.01. The summed E-state index contributed by atoms with van der Waals surface area (Å²) in [5.41, 5.74) is 11.2. The minimum Gasteiger partial charge on any atom is -0.331 e. The zero-order chi connectivity index (χ0) is 12.0. The summed E-state index contributed by atoms with van der Waals surface area (Å²) in [5, 5.41) is 0. The average Bonchev–Trinajstić information content (AvgIpc) is 1.82. The van der Waals surface area contributed by atoms with Crippen LogP contribution in [0.3, 0.4) is 0 Å². The molecule has 2 nitrogen and oxygen atoms in total. The topological polar surface area (TPSA) is 52.0 Å². The summed E-state index contributed by atoms with van der Waals surface area (Å²) >= 11 is 0. The Labute approximate surface area is 90.4 Å². The standard InChI is InChI=1S/C10H23N.C2H7N/c1-9(2,3)8(7-11)10(4,5)6;1-2-3/h8H,7,11H2,1-6H3;2-3H2,1H3. The largest absolute Gasteiger partial charge is 0.331 e. The molecule has 0 fully saturated rings. The molecule has 0 radical (unpaired) electrons. The first kappa shape index (κ1) is 16.4. The third-order valence-electron chi connectivity index (χ3n) is 2.33. The lowest BCUT2D eigenvalue weighted by atomic mass is 9.67. The molecule has 0 aliphatic carbocycles. The maximum absolute atomic E-state index is 5.75. The molecule has 0 saturated heterocycles. The molecule has 0 aliphatic rings. The van der Waals surface area contributed by atoms with Gasteiger partial charge in [0.15, 0.2) is 0 Å². The van der Waals surface area contributed by atoms with Crippen LogP contribution in [0.25, 0.3) is 0 Å². The Morgan fingerprint density at radius 2 is 1.07 bits per heavy atom. The maximum atomic E-state index is 5.75. The van der Waals surface area contributed by atoms with Gasteiger partial charge in [-0.1, -0.05) is 48.5 Å². The van der Waals surface area contributed by atoms with E-state index in [-0.39, 0.29) is 0 Å². The predicted octanol–water partition coefficient (Wildman–Crippen LogP) is 2.62. The summed E-state index contributed by atoms with van der Waals surface area (Å²) in [6.07, 6.45) is 0. The molecule has 0 unspecified atom stereocenters. The van der Waals surface area contributed by atoms with E-state index in [1.165, 1.54) is 0 Å². The Bertz CT molecular complexity index is 114. The molecule has 0 aromatic carbocycles. The van der Waals surface area contributed by atoms with Gasteiger partial charge < -0.3 is 11.5 Å². The summed E-state index contributed by atoms with van der Waals surface area (Å²) in [4.78, 5) is 0. The van der Waals surface area contributed by atoms with Gasteiger partial charge in [-0.2, -0.15) is 0 Å². The highest BCUT2D eigenvalue weighted by atomic mass is 14.6. The molecule has 88 valence electrons. The maximum Gasteiger partial charge on any atom is -0.00389 e. The van der Waals surface area contributed by atoms with Crippen LogP contribution in [-0.2, 0) is 0 Å². The zero-order valence-electron chi connectivity index (χ0n) is 11.1. The van der Waals surface area contributed by atoms with Crippen molar-refractivity contribution < 1.29 is 0 Å². The third-order valence-corrected chi connectivity index (χ3v) is 2.33. The van der Waals surface area contributed by atoms with Crippen molar-refractivity contribution in [2.75, 3.05) is 13.1 Å². The van der Waals surface area contributed by atoms with E-state index in [0.29, 0.717) is 16.7 Å². The van der Waals surface area contributed by atoms with Gasteiger partial charge in [0.1, 0.15) is 0 Å². The second-order valence-corrected chi connectivity index (χ2v) is 5.93. The van der Waals surface area contributed by atoms with E-state index >= 15 is 0 Å². The molecule has 0 aliphatic heterocycles. The van der Waals surface area contributed by atoms with Crippen molar-refractivity contribution in [1.82, 2.24) is 0 Å². The molecule has 4 N–H and O–H groups in total. The van der Waals surface area contributed by atoms with Crippen LogP contribution in [0.2, 0.25) is 0 Å².